The average molecular weight is 427 g/mol. The fourth-order valence-electron chi connectivity index (χ4n) is 6.93. The third-order valence-electron chi connectivity index (χ3n) is 7.97. The molecule has 0 radical (unpaired) electrons. The molecule has 0 aromatic heterocycles. The molecule has 4 bridgehead atoms. The van der Waals surface area contributed by atoms with Gasteiger partial charge in [0.05, 0.1) is 11.5 Å². The lowest BCUT2D eigenvalue weighted by Gasteiger charge is -2.55. The summed E-state index contributed by atoms with van der Waals surface area (Å²) in [5.74, 6) is 2.10. The van der Waals surface area contributed by atoms with Crippen LogP contribution < -0.4 is 10.2 Å². The Morgan fingerprint density at radius 1 is 1.00 bits per heavy atom. The minimum atomic E-state index is -0.368. The van der Waals surface area contributed by atoms with E-state index in [2.05, 4.69) is 5.32 Å². The molecule has 8 nitrogen and oxygen atoms in total. The molecule has 1 heterocycles. The Balaban J connectivity index is 1.14. The van der Waals surface area contributed by atoms with Crippen LogP contribution in [-0.4, -0.2) is 54.4 Å². The van der Waals surface area contributed by atoms with Gasteiger partial charge < -0.3 is 15.1 Å². The van der Waals surface area contributed by atoms with Gasteiger partial charge in [0, 0.05) is 37.7 Å². The first-order valence-corrected chi connectivity index (χ1v) is 11.5. The standard InChI is InChI=1S/C23H30N4O4/c28-21(15-24-22(29)23-12-16-9-17(13-23)11-18(10-16)14-23)26-7-5-25(6-8-26)19-3-1-2-4-20(19)27(30)31/h1-4,16-18H,5-15H2,(H,24,29). The van der Waals surface area contributed by atoms with Crippen LogP contribution in [0.5, 0.6) is 0 Å². The smallest absolute Gasteiger partial charge is 0.292 e. The van der Waals surface area contributed by atoms with E-state index in [0.717, 1.165) is 19.3 Å². The summed E-state index contributed by atoms with van der Waals surface area (Å²) in [7, 11) is 0. The molecule has 31 heavy (non-hydrogen) atoms. The van der Waals surface area contributed by atoms with E-state index in [1.54, 1.807) is 23.1 Å². The van der Waals surface area contributed by atoms with Gasteiger partial charge in [0.2, 0.25) is 11.8 Å². The quantitative estimate of drug-likeness (QED) is 0.577. The van der Waals surface area contributed by atoms with Crippen molar-refractivity contribution in [1.29, 1.82) is 0 Å². The van der Waals surface area contributed by atoms with Gasteiger partial charge in [-0.25, -0.2) is 0 Å². The van der Waals surface area contributed by atoms with Crippen LogP contribution in [0.25, 0.3) is 0 Å². The first kappa shape index (κ1) is 20.3. The summed E-state index contributed by atoms with van der Waals surface area (Å²) < 4.78 is 0. The van der Waals surface area contributed by atoms with Crippen LogP contribution in [0.15, 0.2) is 24.3 Å². The number of nitrogens with zero attached hydrogens (tertiary/aromatic N) is 3. The maximum absolute atomic E-state index is 13.1. The lowest BCUT2D eigenvalue weighted by molar-refractivity contribution is -0.384. The number of anilines is 1. The van der Waals surface area contributed by atoms with E-state index in [0.29, 0.717) is 49.6 Å². The molecule has 0 atom stereocenters. The largest absolute Gasteiger partial charge is 0.362 e. The zero-order valence-corrected chi connectivity index (χ0v) is 17.8. The summed E-state index contributed by atoms with van der Waals surface area (Å²) in [6.07, 6.45) is 6.84. The van der Waals surface area contributed by atoms with Crippen LogP contribution in [0.2, 0.25) is 0 Å². The fraction of sp³-hybridized carbons (Fsp3) is 0.652. The van der Waals surface area contributed by atoms with Crippen molar-refractivity contribution < 1.29 is 14.5 Å². The first-order chi connectivity index (χ1) is 14.9. The van der Waals surface area contributed by atoms with Gasteiger partial charge in [0.25, 0.3) is 5.69 Å². The van der Waals surface area contributed by atoms with Crippen LogP contribution in [-0.2, 0) is 9.59 Å². The molecule has 0 unspecified atom stereocenters. The maximum Gasteiger partial charge on any atom is 0.292 e. The predicted octanol–water partition coefficient (Wildman–Crippen LogP) is 2.58. The molecule has 8 heteroatoms. The number of hydrogen-bond donors (Lipinski definition) is 1. The van der Waals surface area contributed by atoms with Crippen molar-refractivity contribution in [3.8, 4) is 0 Å². The zero-order chi connectivity index (χ0) is 21.6. The summed E-state index contributed by atoms with van der Waals surface area (Å²) in [6.45, 7) is 2.13. The molecule has 1 N–H and O–H groups in total. The fourth-order valence-corrected chi connectivity index (χ4v) is 6.93. The number of piperazine rings is 1. The first-order valence-electron chi connectivity index (χ1n) is 11.5. The van der Waals surface area contributed by atoms with Crippen molar-refractivity contribution >= 4 is 23.2 Å². The Morgan fingerprint density at radius 3 is 2.16 bits per heavy atom. The SMILES string of the molecule is O=C(CNC(=O)C12CC3CC(CC(C3)C1)C2)N1CCN(c2ccccc2[N+](=O)[O-])CC1. The van der Waals surface area contributed by atoms with E-state index in [9.17, 15) is 19.7 Å². The summed E-state index contributed by atoms with van der Waals surface area (Å²) in [5, 5.41) is 14.3. The van der Waals surface area contributed by atoms with E-state index < -0.39 is 0 Å². The number of nitro benzene ring substituents is 1. The molecule has 4 aliphatic carbocycles. The predicted molar refractivity (Wildman–Crippen MR) is 116 cm³/mol. The van der Waals surface area contributed by atoms with E-state index in [-0.39, 0.29) is 34.4 Å². The Bertz CT molecular complexity index is 858. The van der Waals surface area contributed by atoms with Gasteiger partial charge in [0.1, 0.15) is 5.69 Å². The second-order valence-corrected chi connectivity index (χ2v) is 9.99. The van der Waals surface area contributed by atoms with Crippen molar-refractivity contribution in [1.82, 2.24) is 10.2 Å². The van der Waals surface area contributed by atoms with Gasteiger partial charge >= 0.3 is 0 Å². The minimum Gasteiger partial charge on any atom is -0.362 e. The zero-order valence-electron chi connectivity index (χ0n) is 17.8. The Morgan fingerprint density at radius 2 is 1.58 bits per heavy atom. The molecule has 1 aromatic carbocycles. The molecule has 6 rings (SSSR count). The van der Waals surface area contributed by atoms with Gasteiger partial charge in [-0.1, -0.05) is 12.1 Å². The number of carbonyl (C=O) groups is 2. The topological polar surface area (TPSA) is 95.8 Å². The van der Waals surface area contributed by atoms with Crippen molar-refractivity contribution in [3.05, 3.63) is 34.4 Å². The van der Waals surface area contributed by atoms with E-state index >= 15 is 0 Å². The molecular weight excluding hydrogens is 396 g/mol. The van der Waals surface area contributed by atoms with E-state index in [1.807, 2.05) is 4.90 Å². The molecule has 5 aliphatic rings. The Hall–Kier alpha value is -2.64. The molecule has 1 aromatic rings. The van der Waals surface area contributed by atoms with Crippen LogP contribution in [0.3, 0.4) is 0 Å². The second kappa shape index (κ2) is 7.80. The van der Waals surface area contributed by atoms with Gasteiger partial charge in [0.15, 0.2) is 0 Å². The lowest BCUT2D eigenvalue weighted by atomic mass is 9.49. The number of rotatable bonds is 5. The van der Waals surface area contributed by atoms with Crippen molar-refractivity contribution in [2.45, 2.75) is 38.5 Å². The molecule has 4 saturated carbocycles. The highest BCUT2D eigenvalue weighted by molar-refractivity contribution is 5.88. The Labute approximate surface area is 182 Å². The highest BCUT2D eigenvalue weighted by Crippen LogP contribution is 2.60. The van der Waals surface area contributed by atoms with Gasteiger partial charge in [-0.05, 0) is 62.3 Å². The molecule has 1 saturated heterocycles. The number of nitrogens with one attached hydrogen (secondary N) is 1. The van der Waals surface area contributed by atoms with Gasteiger partial charge in [-0.3, -0.25) is 19.7 Å². The summed E-state index contributed by atoms with van der Waals surface area (Å²) in [6, 6.07) is 6.71. The van der Waals surface area contributed by atoms with Crippen LogP contribution in [0.1, 0.15) is 38.5 Å². The van der Waals surface area contributed by atoms with E-state index in [4.69, 9.17) is 0 Å². The number of carbonyl (C=O) groups excluding carboxylic acids is 2. The number of hydrogen-bond acceptors (Lipinski definition) is 5. The van der Waals surface area contributed by atoms with E-state index in [1.165, 1.54) is 25.3 Å². The van der Waals surface area contributed by atoms with Crippen LogP contribution in [0, 0.1) is 33.3 Å². The third kappa shape index (κ3) is 3.77. The molecule has 5 fully saturated rings. The molecular formula is C23H30N4O4. The highest BCUT2D eigenvalue weighted by atomic mass is 16.6. The maximum atomic E-state index is 13.1. The minimum absolute atomic E-state index is 0.0477. The number of benzene rings is 1. The van der Waals surface area contributed by atoms with Crippen molar-refractivity contribution in [3.63, 3.8) is 0 Å². The average Bonchev–Trinajstić information content (AvgIpc) is 2.76. The van der Waals surface area contributed by atoms with Crippen molar-refractivity contribution in [2.24, 2.45) is 23.2 Å². The van der Waals surface area contributed by atoms with Crippen LogP contribution >= 0.6 is 0 Å². The second-order valence-electron chi connectivity index (χ2n) is 9.99. The van der Waals surface area contributed by atoms with Gasteiger partial charge in [-0.15, -0.1) is 0 Å². The van der Waals surface area contributed by atoms with Crippen molar-refractivity contribution in [2.75, 3.05) is 37.6 Å². The molecule has 0 spiro atoms. The normalized spacial score (nSPS) is 31.5. The number of amides is 2. The lowest BCUT2D eigenvalue weighted by Crippen LogP contribution is -2.56. The van der Waals surface area contributed by atoms with Gasteiger partial charge in [-0.2, -0.15) is 0 Å². The number of nitro groups is 1. The monoisotopic (exact) mass is 426 g/mol. The molecule has 1 aliphatic heterocycles. The summed E-state index contributed by atoms with van der Waals surface area (Å²) >= 11 is 0. The summed E-state index contributed by atoms with van der Waals surface area (Å²) in [4.78, 5) is 40.4. The summed E-state index contributed by atoms with van der Waals surface area (Å²) in [5.41, 5.74) is 0.444. The molecule has 166 valence electrons. The third-order valence-corrected chi connectivity index (χ3v) is 7.97. The van der Waals surface area contributed by atoms with Crippen LogP contribution in [0.4, 0.5) is 11.4 Å². The highest BCUT2D eigenvalue weighted by Gasteiger charge is 2.54. The Kier molecular flexibility index (Phi) is 5.10. The molecule has 2 amide bonds. The number of para-hydroxylation sites is 2.